The first-order chi connectivity index (χ1) is 8.91. The Morgan fingerprint density at radius 3 is 2.63 bits per heavy atom. The number of urea groups is 1. The van der Waals surface area contributed by atoms with Crippen LogP contribution in [0.3, 0.4) is 0 Å². The lowest BCUT2D eigenvalue weighted by atomic mass is 9.99. The Hall–Kier alpha value is -1.62. The minimum absolute atomic E-state index is 0.203. The van der Waals surface area contributed by atoms with E-state index in [2.05, 4.69) is 5.32 Å². The summed E-state index contributed by atoms with van der Waals surface area (Å²) in [6.07, 6.45) is 0.0980. The van der Waals surface area contributed by atoms with Crippen molar-refractivity contribution in [1.82, 2.24) is 10.2 Å². The van der Waals surface area contributed by atoms with E-state index in [0.717, 1.165) is 5.56 Å². The Morgan fingerprint density at radius 2 is 2.11 bits per heavy atom. The van der Waals surface area contributed by atoms with Crippen LogP contribution < -0.4 is 5.32 Å². The van der Waals surface area contributed by atoms with Crippen LogP contribution in [0.1, 0.15) is 25.8 Å². The molecule has 0 aliphatic carbocycles. The smallest absolute Gasteiger partial charge is 0.318 e. The van der Waals surface area contributed by atoms with E-state index in [1.807, 2.05) is 13.8 Å². The second kappa shape index (κ2) is 5.17. The lowest BCUT2D eigenvalue weighted by molar-refractivity contribution is 0.0696. The predicted molar refractivity (Wildman–Crippen MR) is 70.0 cm³/mol. The van der Waals surface area contributed by atoms with Crippen LogP contribution in [0, 0.1) is 5.82 Å². The number of carbonyl (C=O) groups is 1. The molecule has 0 saturated carbocycles. The Kier molecular flexibility index (Phi) is 3.75. The van der Waals surface area contributed by atoms with Crippen LogP contribution in [-0.4, -0.2) is 34.2 Å². The van der Waals surface area contributed by atoms with Gasteiger partial charge in [0.05, 0.1) is 11.6 Å². The predicted octanol–water partition coefficient (Wildman–Crippen LogP) is 1.88. The molecule has 1 atom stereocenters. The SMILES string of the molecule is CC1(C)C(O)CCN1C(=O)NCc1ccc(F)cc1. The van der Waals surface area contributed by atoms with E-state index in [0.29, 0.717) is 19.5 Å². The summed E-state index contributed by atoms with van der Waals surface area (Å²) in [6, 6.07) is 5.81. The lowest BCUT2D eigenvalue weighted by Gasteiger charge is -2.33. The summed E-state index contributed by atoms with van der Waals surface area (Å²) in [6.45, 7) is 4.59. The second-order valence-electron chi connectivity index (χ2n) is 5.39. The molecule has 4 nitrogen and oxygen atoms in total. The summed E-state index contributed by atoms with van der Waals surface area (Å²) in [5.74, 6) is -0.293. The summed E-state index contributed by atoms with van der Waals surface area (Å²) in [4.78, 5) is 13.7. The lowest BCUT2D eigenvalue weighted by Crippen LogP contribution is -2.51. The molecule has 1 aliphatic rings. The number of carbonyl (C=O) groups excluding carboxylic acids is 1. The van der Waals surface area contributed by atoms with Crippen molar-refractivity contribution in [3.05, 3.63) is 35.6 Å². The van der Waals surface area contributed by atoms with Crippen molar-refractivity contribution in [2.24, 2.45) is 0 Å². The fourth-order valence-corrected chi connectivity index (χ4v) is 2.31. The molecule has 1 unspecified atom stereocenters. The van der Waals surface area contributed by atoms with Crippen LogP contribution in [0.15, 0.2) is 24.3 Å². The largest absolute Gasteiger partial charge is 0.391 e. The molecule has 1 aromatic carbocycles. The van der Waals surface area contributed by atoms with Crippen molar-refractivity contribution in [1.29, 1.82) is 0 Å². The third-order valence-electron chi connectivity index (χ3n) is 3.74. The number of hydrogen-bond acceptors (Lipinski definition) is 2. The van der Waals surface area contributed by atoms with E-state index >= 15 is 0 Å². The van der Waals surface area contributed by atoms with Gasteiger partial charge in [-0.3, -0.25) is 0 Å². The highest BCUT2D eigenvalue weighted by Crippen LogP contribution is 2.28. The topological polar surface area (TPSA) is 52.6 Å². The van der Waals surface area contributed by atoms with Gasteiger partial charge in [-0.1, -0.05) is 12.1 Å². The molecule has 2 amide bonds. The summed E-state index contributed by atoms with van der Waals surface area (Å²) in [5, 5.41) is 12.6. The highest BCUT2D eigenvalue weighted by atomic mass is 19.1. The number of likely N-dealkylation sites (tertiary alicyclic amines) is 1. The summed E-state index contributed by atoms with van der Waals surface area (Å²) in [5.41, 5.74) is 0.291. The van der Waals surface area contributed by atoms with Gasteiger partial charge in [-0.15, -0.1) is 0 Å². The highest BCUT2D eigenvalue weighted by Gasteiger charge is 2.42. The van der Waals surface area contributed by atoms with Crippen LogP contribution in [0.5, 0.6) is 0 Å². The number of aliphatic hydroxyl groups is 1. The molecule has 0 spiro atoms. The number of nitrogens with one attached hydrogen (secondary N) is 1. The standard InChI is InChI=1S/C14H19FN2O2/c1-14(2)12(18)7-8-17(14)13(19)16-9-10-3-5-11(15)6-4-10/h3-6,12,18H,7-9H2,1-2H3,(H,16,19). The molecule has 2 N–H and O–H groups in total. The average molecular weight is 266 g/mol. The average Bonchev–Trinajstić information content (AvgIpc) is 2.63. The molecule has 0 radical (unpaired) electrons. The molecule has 1 heterocycles. The van der Waals surface area contributed by atoms with E-state index in [9.17, 15) is 14.3 Å². The van der Waals surface area contributed by atoms with E-state index < -0.39 is 11.6 Å². The van der Waals surface area contributed by atoms with Crippen LogP contribution in [0.4, 0.5) is 9.18 Å². The molecule has 1 aliphatic heterocycles. The van der Waals surface area contributed by atoms with Crippen molar-refractivity contribution in [3.63, 3.8) is 0 Å². The highest BCUT2D eigenvalue weighted by molar-refractivity contribution is 5.75. The Labute approximate surface area is 112 Å². The van der Waals surface area contributed by atoms with Gasteiger partial charge in [0.2, 0.25) is 0 Å². The molecular formula is C14H19FN2O2. The number of aliphatic hydroxyl groups excluding tert-OH is 1. The van der Waals surface area contributed by atoms with Gasteiger partial charge in [-0.05, 0) is 38.0 Å². The van der Waals surface area contributed by atoms with Crippen LogP contribution >= 0.6 is 0 Å². The van der Waals surface area contributed by atoms with Gasteiger partial charge in [-0.2, -0.15) is 0 Å². The maximum absolute atomic E-state index is 12.8. The van der Waals surface area contributed by atoms with E-state index in [1.54, 1.807) is 17.0 Å². The van der Waals surface area contributed by atoms with Crippen molar-refractivity contribution < 1.29 is 14.3 Å². The molecule has 1 aromatic rings. The maximum atomic E-state index is 12.8. The monoisotopic (exact) mass is 266 g/mol. The molecule has 0 aromatic heterocycles. The molecule has 5 heteroatoms. The number of nitrogens with zero attached hydrogens (tertiary/aromatic N) is 1. The van der Waals surface area contributed by atoms with Gasteiger partial charge >= 0.3 is 6.03 Å². The Balaban J connectivity index is 1.93. The third-order valence-corrected chi connectivity index (χ3v) is 3.74. The zero-order chi connectivity index (χ0) is 14.0. The molecule has 1 saturated heterocycles. The molecular weight excluding hydrogens is 247 g/mol. The van der Waals surface area contributed by atoms with Gasteiger partial charge in [0.1, 0.15) is 5.82 Å². The number of amides is 2. The van der Waals surface area contributed by atoms with Gasteiger partial charge in [0.15, 0.2) is 0 Å². The van der Waals surface area contributed by atoms with Gasteiger partial charge in [0, 0.05) is 13.1 Å². The third kappa shape index (κ3) is 2.87. The number of halogens is 1. The first-order valence-electron chi connectivity index (χ1n) is 6.39. The summed E-state index contributed by atoms with van der Waals surface area (Å²) >= 11 is 0. The van der Waals surface area contributed by atoms with Gasteiger partial charge in [-0.25, -0.2) is 9.18 Å². The minimum atomic E-state index is -0.549. The number of benzene rings is 1. The first-order valence-corrected chi connectivity index (χ1v) is 6.39. The van der Waals surface area contributed by atoms with Crippen LogP contribution in [-0.2, 0) is 6.54 Å². The van der Waals surface area contributed by atoms with Gasteiger partial charge in [0.25, 0.3) is 0 Å². The zero-order valence-corrected chi connectivity index (χ0v) is 11.2. The molecule has 19 heavy (non-hydrogen) atoms. The van der Waals surface area contributed by atoms with Crippen molar-refractivity contribution >= 4 is 6.03 Å². The van der Waals surface area contributed by atoms with Crippen molar-refractivity contribution in [2.45, 2.75) is 38.5 Å². The molecule has 2 rings (SSSR count). The normalized spacial score (nSPS) is 21.5. The van der Waals surface area contributed by atoms with Crippen molar-refractivity contribution in [2.75, 3.05) is 6.54 Å². The summed E-state index contributed by atoms with van der Waals surface area (Å²) in [7, 11) is 0. The van der Waals surface area contributed by atoms with E-state index in [-0.39, 0.29) is 11.8 Å². The molecule has 1 fully saturated rings. The van der Waals surface area contributed by atoms with Crippen LogP contribution in [0.2, 0.25) is 0 Å². The Morgan fingerprint density at radius 1 is 1.47 bits per heavy atom. The van der Waals surface area contributed by atoms with E-state index in [4.69, 9.17) is 0 Å². The summed E-state index contributed by atoms with van der Waals surface area (Å²) < 4.78 is 12.8. The fourth-order valence-electron chi connectivity index (χ4n) is 2.31. The van der Waals surface area contributed by atoms with E-state index in [1.165, 1.54) is 12.1 Å². The first kappa shape index (κ1) is 13.8. The maximum Gasteiger partial charge on any atom is 0.318 e. The second-order valence-corrected chi connectivity index (χ2v) is 5.39. The minimum Gasteiger partial charge on any atom is -0.391 e. The zero-order valence-electron chi connectivity index (χ0n) is 11.2. The number of rotatable bonds is 2. The quantitative estimate of drug-likeness (QED) is 0.858. The van der Waals surface area contributed by atoms with Gasteiger partial charge < -0.3 is 15.3 Å². The fraction of sp³-hybridized carbons (Fsp3) is 0.500. The van der Waals surface area contributed by atoms with Crippen molar-refractivity contribution in [3.8, 4) is 0 Å². The molecule has 104 valence electrons. The molecule has 0 bridgehead atoms. The number of hydrogen-bond donors (Lipinski definition) is 2. The Bertz CT molecular complexity index is 459. The van der Waals surface area contributed by atoms with Crippen LogP contribution in [0.25, 0.3) is 0 Å².